The van der Waals surface area contributed by atoms with Gasteiger partial charge in [0.1, 0.15) is 6.04 Å². The van der Waals surface area contributed by atoms with Crippen molar-refractivity contribution in [3.05, 3.63) is 0 Å². The van der Waals surface area contributed by atoms with Gasteiger partial charge in [0.2, 0.25) is 0 Å². The van der Waals surface area contributed by atoms with Gasteiger partial charge in [0.25, 0.3) is 0 Å². The Morgan fingerprint density at radius 3 is 2.50 bits per heavy atom. The molecule has 0 bridgehead atoms. The lowest BCUT2D eigenvalue weighted by molar-refractivity contribution is -0.141. The number of hydrogen-bond acceptors (Lipinski definition) is 3. The summed E-state index contributed by atoms with van der Waals surface area (Å²) in [5.74, 6) is -0.347. The van der Waals surface area contributed by atoms with Gasteiger partial charge < -0.3 is 4.74 Å². The molecule has 0 aliphatic carbocycles. The minimum Gasteiger partial charge on any atom is -0.467 e. The number of methoxy groups -OCH3 is 1. The summed E-state index contributed by atoms with van der Waals surface area (Å²) in [4.78, 5) is 13.8. The van der Waals surface area contributed by atoms with Gasteiger partial charge in [0.15, 0.2) is 0 Å². The maximum Gasteiger partial charge on any atom is 0.330 e. The first-order valence-electron chi connectivity index (χ1n) is 2.26. The zero-order valence-electron chi connectivity index (χ0n) is 5.05. The number of esters is 1. The number of carbonyl (C=O) groups excluding carboxylic acids is 1. The van der Waals surface area contributed by atoms with Crippen LogP contribution < -0.4 is 0 Å². The van der Waals surface area contributed by atoms with E-state index in [4.69, 9.17) is 0 Å². The highest BCUT2D eigenvalue weighted by Gasteiger charge is 2.07. The van der Waals surface area contributed by atoms with Gasteiger partial charge in [0.05, 0.1) is 7.11 Å². The first-order valence-corrected chi connectivity index (χ1v) is 2.26. The second kappa shape index (κ2) is 3.18. The van der Waals surface area contributed by atoms with Gasteiger partial charge in [-0.2, -0.15) is 0 Å². The van der Waals surface area contributed by atoms with Crippen LogP contribution in [0.25, 0.3) is 0 Å². The zero-order valence-corrected chi connectivity index (χ0v) is 5.05. The molecule has 0 heterocycles. The average Bonchev–Trinajstić information content (AvgIpc) is 1.84. The molecule has 0 aliphatic rings. The van der Waals surface area contributed by atoms with E-state index in [0.717, 1.165) is 0 Å². The first kappa shape index (κ1) is 7.14. The lowest BCUT2D eigenvalue weighted by atomic mass is 10.4. The number of hydrogen-bond donors (Lipinski definition) is 0. The fraction of sp³-hybridized carbons (Fsp3) is 0.600. The van der Waals surface area contributed by atoms with Crippen molar-refractivity contribution in [3.8, 4) is 0 Å². The van der Waals surface area contributed by atoms with Crippen LogP contribution in [0.1, 0.15) is 6.92 Å². The van der Waals surface area contributed by atoms with Crippen molar-refractivity contribution in [2.24, 2.45) is 4.99 Å². The van der Waals surface area contributed by atoms with Crippen LogP contribution in [0.5, 0.6) is 0 Å². The van der Waals surface area contributed by atoms with Gasteiger partial charge >= 0.3 is 5.97 Å². The third-order valence-electron chi connectivity index (χ3n) is 0.816. The van der Waals surface area contributed by atoms with Crippen molar-refractivity contribution in [1.29, 1.82) is 0 Å². The second-order valence-electron chi connectivity index (χ2n) is 1.38. The number of carbonyl (C=O) groups is 1. The summed E-state index contributed by atoms with van der Waals surface area (Å²) >= 11 is 0. The maximum absolute atomic E-state index is 10.4. The van der Waals surface area contributed by atoms with Crippen LogP contribution in [0.2, 0.25) is 0 Å². The summed E-state index contributed by atoms with van der Waals surface area (Å²) in [5, 5.41) is 0. The van der Waals surface area contributed by atoms with E-state index in [0.29, 0.717) is 0 Å². The van der Waals surface area contributed by atoms with Gasteiger partial charge in [-0.05, 0) is 13.6 Å². The molecule has 1 atom stereocenters. The number of ether oxygens (including phenoxy) is 1. The molecule has 0 aromatic heterocycles. The smallest absolute Gasteiger partial charge is 0.330 e. The molecule has 3 heteroatoms. The topological polar surface area (TPSA) is 38.7 Å². The van der Waals surface area contributed by atoms with Crippen LogP contribution in [-0.2, 0) is 9.53 Å². The van der Waals surface area contributed by atoms with E-state index in [2.05, 4.69) is 16.4 Å². The molecule has 46 valence electrons. The van der Waals surface area contributed by atoms with Gasteiger partial charge in [-0.15, -0.1) is 0 Å². The van der Waals surface area contributed by atoms with Gasteiger partial charge in [-0.25, -0.2) is 4.79 Å². The molecule has 0 saturated carbocycles. The van der Waals surface area contributed by atoms with E-state index in [-0.39, 0.29) is 5.97 Å². The Hall–Kier alpha value is -0.860. The van der Waals surface area contributed by atoms with Crippen LogP contribution >= 0.6 is 0 Å². The fourth-order valence-corrected chi connectivity index (χ4v) is 0.245. The molecule has 0 aliphatic heterocycles. The van der Waals surface area contributed by atoms with Crippen LogP contribution in [0, 0.1) is 0 Å². The van der Waals surface area contributed by atoms with Crippen LogP contribution in [-0.4, -0.2) is 25.8 Å². The van der Waals surface area contributed by atoms with Crippen molar-refractivity contribution in [3.63, 3.8) is 0 Å². The molecule has 0 radical (unpaired) electrons. The van der Waals surface area contributed by atoms with E-state index in [1.54, 1.807) is 6.92 Å². The Bertz CT molecular complexity index is 101. The molecule has 0 spiro atoms. The molecule has 0 aromatic rings. The molecule has 3 nitrogen and oxygen atoms in total. The van der Waals surface area contributed by atoms with Gasteiger partial charge in [-0.3, -0.25) is 4.99 Å². The van der Waals surface area contributed by atoms with Crippen molar-refractivity contribution in [2.45, 2.75) is 13.0 Å². The third kappa shape index (κ3) is 1.73. The Balaban J connectivity index is 3.62. The van der Waals surface area contributed by atoms with Crippen LogP contribution in [0.3, 0.4) is 0 Å². The van der Waals surface area contributed by atoms with E-state index >= 15 is 0 Å². The SMILES string of the molecule is C=NC(C)C(=O)OC. The zero-order chi connectivity index (χ0) is 6.57. The summed E-state index contributed by atoms with van der Waals surface area (Å²) in [6.07, 6.45) is 0. The lowest BCUT2D eigenvalue weighted by Crippen LogP contribution is -2.15. The normalized spacial score (nSPS) is 12.2. The summed E-state index contributed by atoms with van der Waals surface area (Å²) < 4.78 is 4.33. The molecule has 0 aromatic carbocycles. The molecule has 0 rings (SSSR count). The predicted octanol–water partition coefficient (Wildman–Crippen LogP) is 0.248. The van der Waals surface area contributed by atoms with Crippen molar-refractivity contribution in [1.82, 2.24) is 0 Å². The largest absolute Gasteiger partial charge is 0.467 e. The van der Waals surface area contributed by atoms with E-state index in [1.807, 2.05) is 0 Å². The average molecular weight is 115 g/mol. The highest BCUT2D eigenvalue weighted by atomic mass is 16.5. The fourth-order valence-electron chi connectivity index (χ4n) is 0.245. The number of nitrogens with zero attached hydrogens (tertiary/aromatic N) is 1. The molecule has 1 unspecified atom stereocenters. The summed E-state index contributed by atoms with van der Waals surface area (Å²) in [6.45, 7) is 4.80. The van der Waals surface area contributed by atoms with Crippen molar-refractivity contribution >= 4 is 12.7 Å². The Labute approximate surface area is 48.4 Å². The second-order valence-corrected chi connectivity index (χ2v) is 1.38. The molecule has 8 heavy (non-hydrogen) atoms. The minimum atomic E-state index is -0.431. The summed E-state index contributed by atoms with van der Waals surface area (Å²) in [7, 11) is 1.32. The Morgan fingerprint density at radius 2 is 2.38 bits per heavy atom. The minimum absolute atomic E-state index is 0.347. The Kier molecular flexibility index (Phi) is 2.84. The van der Waals surface area contributed by atoms with Crippen LogP contribution in [0.15, 0.2) is 4.99 Å². The standard InChI is InChI=1S/C5H9NO2/c1-4(6-2)5(7)8-3/h4H,2H2,1,3H3. The summed E-state index contributed by atoms with van der Waals surface area (Å²) in [6, 6.07) is -0.431. The molecule has 0 amide bonds. The van der Waals surface area contributed by atoms with Crippen molar-refractivity contribution in [2.75, 3.05) is 7.11 Å². The van der Waals surface area contributed by atoms with Gasteiger partial charge in [0, 0.05) is 0 Å². The van der Waals surface area contributed by atoms with Crippen LogP contribution in [0.4, 0.5) is 0 Å². The van der Waals surface area contributed by atoms with E-state index < -0.39 is 6.04 Å². The predicted molar refractivity (Wildman–Crippen MR) is 31.0 cm³/mol. The Morgan fingerprint density at radius 1 is 1.88 bits per heavy atom. The highest BCUT2D eigenvalue weighted by Crippen LogP contribution is 1.88. The number of aliphatic imine (C=N–C) groups is 1. The maximum atomic E-state index is 10.4. The van der Waals surface area contributed by atoms with E-state index in [1.165, 1.54) is 7.11 Å². The molecule has 0 saturated heterocycles. The summed E-state index contributed by atoms with van der Waals surface area (Å²) in [5.41, 5.74) is 0. The molecular weight excluding hydrogens is 106 g/mol. The van der Waals surface area contributed by atoms with Crippen molar-refractivity contribution < 1.29 is 9.53 Å². The highest BCUT2D eigenvalue weighted by molar-refractivity contribution is 5.75. The molecular formula is C5H9NO2. The van der Waals surface area contributed by atoms with Gasteiger partial charge in [-0.1, -0.05) is 0 Å². The van der Waals surface area contributed by atoms with E-state index in [9.17, 15) is 4.79 Å². The molecule has 0 N–H and O–H groups in total. The molecule has 0 fully saturated rings. The monoisotopic (exact) mass is 115 g/mol. The lowest BCUT2D eigenvalue weighted by Gasteiger charge is -1.99. The third-order valence-corrected chi connectivity index (χ3v) is 0.816. The quantitative estimate of drug-likeness (QED) is 0.382. The first-order chi connectivity index (χ1) is 3.72. The number of rotatable bonds is 2.